The van der Waals surface area contributed by atoms with E-state index in [9.17, 15) is 13.2 Å². The molecule has 1 heterocycles. The molecule has 0 aromatic carbocycles. The molecule has 0 spiro atoms. The van der Waals surface area contributed by atoms with Crippen LogP contribution in [0.2, 0.25) is 5.02 Å². The van der Waals surface area contributed by atoms with Gasteiger partial charge in [-0.25, -0.2) is 4.98 Å². The molecule has 15 heavy (non-hydrogen) atoms. The van der Waals surface area contributed by atoms with Crippen molar-refractivity contribution in [1.29, 1.82) is 0 Å². The zero-order chi connectivity index (χ0) is 11.5. The summed E-state index contributed by atoms with van der Waals surface area (Å²) in [5, 5.41) is 0.509. The molecule has 0 fully saturated rings. The number of hydrogen-bond acceptors (Lipinski definition) is 2. The molecule has 0 bridgehead atoms. The molecule has 0 saturated carbocycles. The van der Waals surface area contributed by atoms with E-state index in [1.807, 2.05) is 6.92 Å². The molecular formula is C9H9ClF3NS. The highest BCUT2D eigenvalue weighted by atomic mass is 35.5. The number of pyridine rings is 1. The third kappa shape index (κ3) is 3.57. The number of rotatable bonds is 3. The van der Waals surface area contributed by atoms with E-state index in [4.69, 9.17) is 11.6 Å². The van der Waals surface area contributed by atoms with Gasteiger partial charge in [0.1, 0.15) is 5.03 Å². The first-order valence-corrected chi connectivity index (χ1v) is 5.67. The van der Waals surface area contributed by atoms with Gasteiger partial charge in [0.05, 0.1) is 10.6 Å². The second kappa shape index (κ2) is 5.07. The van der Waals surface area contributed by atoms with Crippen LogP contribution in [0.1, 0.15) is 18.9 Å². The number of alkyl halides is 3. The fraction of sp³-hybridized carbons (Fsp3) is 0.444. The van der Waals surface area contributed by atoms with E-state index in [0.717, 1.165) is 24.4 Å². The lowest BCUT2D eigenvalue weighted by Gasteiger charge is -2.08. The predicted octanol–water partition coefficient (Wildman–Crippen LogP) is 4.26. The van der Waals surface area contributed by atoms with Gasteiger partial charge >= 0.3 is 6.18 Å². The third-order valence-corrected chi connectivity index (χ3v) is 3.19. The summed E-state index contributed by atoms with van der Waals surface area (Å²) in [4.78, 5) is 3.69. The summed E-state index contributed by atoms with van der Waals surface area (Å²) < 4.78 is 36.7. The van der Waals surface area contributed by atoms with Crippen LogP contribution in [0.15, 0.2) is 17.3 Å². The smallest absolute Gasteiger partial charge is 0.248 e. The van der Waals surface area contributed by atoms with E-state index in [2.05, 4.69) is 4.98 Å². The van der Waals surface area contributed by atoms with E-state index in [-0.39, 0.29) is 5.02 Å². The van der Waals surface area contributed by atoms with Gasteiger partial charge in [0, 0.05) is 6.20 Å². The lowest BCUT2D eigenvalue weighted by Crippen LogP contribution is -2.05. The Kier molecular flexibility index (Phi) is 4.28. The van der Waals surface area contributed by atoms with E-state index >= 15 is 0 Å². The molecule has 0 radical (unpaired) electrons. The summed E-state index contributed by atoms with van der Waals surface area (Å²) in [5.41, 5.74) is -0.812. The molecule has 0 aliphatic rings. The predicted molar refractivity (Wildman–Crippen MR) is 55.3 cm³/mol. The fourth-order valence-corrected chi connectivity index (χ4v) is 1.94. The minimum atomic E-state index is -4.38. The molecule has 0 atom stereocenters. The average Bonchev–Trinajstić information content (AvgIpc) is 2.14. The van der Waals surface area contributed by atoms with E-state index in [1.165, 1.54) is 11.8 Å². The first kappa shape index (κ1) is 12.6. The summed E-state index contributed by atoms with van der Waals surface area (Å²) in [6, 6.07) is 0.909. The van der Waals surface area contributed by atoms with E-state index < -0.39 is 11.7 Å². The fourth-order valence-electron chi connectivity index (χ4n) is 0.885. The number of hydrogen-bond donors (Lipinski definition) is 0. The van der Waals surface area contributed by atoms with Crippen LogP contribution in [-0.2, 0) is 6.18 Å². The van der Waals surface area contributed by atoms with E-state index in [1.54, 1.807) is 0 Å². The highest BCUT2D eigenvalue weighted by Gasteiger charge is 2.31. The lowest BCUT2D eigenvalue weighted by atomic mass is 10.3. The summed E-state index contributed by atoms with van der Waals surface area (Å²) >= 11 is 7.04. The van der Waals surface area contributed by atoms with Crippen LogP contribution in [0.5, 0.6) is 0 Å². The Hall–Kier alpha value is -0.420. The maximum Gasteiger partial charge on any atom is 0.417 e. The maximum atomic E-state index is 12.2. The summed E-state index contributed by atoms with van der Waals surface area (Å²) in [6.45, 7) is 1.98. The van der Waals surface area contributed by atoms with Crippen molar-refractivity contribution in [1.82, 2.24) is 4.98 Å². The molecule has 0 aliphatic heterocycles. The number of halogens is 4. The highest BCUT2D eigenvalue weighted by Crippen LogP contribution is 2.33. The van der Waals surface area contributed by atoms with Gasteiger partial charge in [-0.1, -0.05) is 18.5 Å². The Morgan fingerprint density at radius 1 is 1.47 bits per heavy atom. The largest absolute Gasteiger partial charge is 0.417 e. The quantitative estimate of drug-likeness (QED) is 0.749. The Morgan fingerprint density at radius 3 is 2.60 bits per heavy atom. The normalized spacial score (nSPS) is 11.8. The molecule has 1 aromatic rings. The van der Waals surface area contributed by atoms with Crippen molar-refractivity contribution in [3.63, 3.8) is 0 Å². The summed E-state index contributed by atoms with van der Waals surface area (Å²) in [7, 11) is 0. The van der Waals surface area contributed by atoms with Gasteiger partial charge in [-0.3, -0.25) is 0 Å². The molecule has 0 saturated heterocycles. The second-order valence-corrected chi connectivity index (χ2v) is 4.35. The zero-order valence-electron chi connectivity index (χ0n) is 7.94. The van der Waals surface area contributed by atoms with Gasteiger partial charge in [0.15, 0.2) is 0 Å². The Morgan fingerprint density at radius 2 is 2.13 bits per heavy atom. The van der Waals surface area contributed by atoms with Crippen molar-refractivity contribution >= 4 is 23.4 Å². The summed E-state index contributed by atoms with van der Waals surface area (Å²) in [5.74, 6) is 0.790. The van der Waals surface area contributed by atoms with Crippen LogP contribution in [0, 0.1) is 0 Å². The van der Waals surface area contributed by atoms with Crippen LogP contribution in [0.4, 0.5) is 13.2 Å². The third-order valence-electron chi connectivity index (χ3n) is 1.58. The molecule has 84 valence electrons. The first-order chi connectivity index (χ1) is 6.95. The molecule has 0 aliphatic carbocycles. The standard InChI is InChI=1S/C9H9ClF3NS/c1-2-3-15-8-7(10)4-6(5-14-8)9(11,12)13/h4-5H,2-3H2,1H3. The van der Waals surface area contributed by atoms with Gasteiger partial charge in [-0.2, -0.15) is 13.2 Å². The van der Waals surface area contributed by atoms with Gasteiger partial charge < -0.3 is 0 Å². The number of thioether (sulfide) groups is 1. The maximum absolute atomic E-state index is 12.2. The van der Waals surface area contributed by atoms with Crippen LogP contribution >= 0.6 is 23.4 Å². The van der Waals surface area contributed by atoms with Crippen LogP contribution < -0.4 is 0 Å². The van der Waals surface area contributed by atoms with Crippen LogP contribution in [-0.4, -0.2) is 10.7 Å². The van der Waals surface area contributed by atoms with Gasteiger partial charge in [-0.05, 0) is 18.2 Å². The van der Waals surface area contributed by atoms with Crippen molar-refractivity contribution in [3.05, 3.63) is 22.8 Å². The van der Waals surface area contributed by atoms with Crippen LogP contribution in [0.25, 0.3) is 0 Å². The molecule has 0 N–H and O–H groups in total. The molecule has 6 heteroatoms. The molecule has 0 unspecified atom stereocenters. The van der Waals surface area contributed by atoms with Gasteiger partial charge in [-0.15, -0.1) is 11.8 Å². The van der Waals surface area contributed by atoms with Crippen molar-refractivity contribution in [2.24, 2.45) is 0 Å². The lowest BCUT2D eigenvalue weighted by molar-refractivity contribution is -0.137. The van der Waals surface area contributed by atoms with Crippen molar-refractivity contribution in [3.8, 4) is 0 Å². The molecule has 1 nitrogen and oxygen atoms in total. The second-order valence-electron chi connectivity index (χ2n) is 2.86. The Bertz CT molecular complexity index is 341. The summed E-state index contributed by atoms with van der Waals surface area (Å²) in [6.07, 6.45) is -2.65. The Balaban J connectivity index is 2.88. The highest BCUT2D eigenvalue weighted by molar-refractivity contribution is 7.99. The minimum Gasteiger partial charge on any atom is -0.248 e. The molecule has 0 amide bonds. The minimum absolute atomic E-state index is 0.0586. The molecule has 1 rings (SSSR count). The van der Waals surface area contributed by atoms with Crippen molar-refractivity contribution in [2.45, 2.75) is 24.5 Å². The molecular weight excluding hydrogens is 247 g/mol. The zero-order valence-corrected chi connectivity index (χ0v) is 9.51. The monoisotopic (exact) mass is 255 g/mol. The average molecular weight is 256 g/mol. The first-order valence-electron chi connectivity index (χ1n) is 4.30. The number of nitrogens with zero attached hydrogens (tertiary/aromatic N) is 1. The van der Waals surface area contributed by atoms with Crippen LogP contribution in [0.3, 0.4) is 0 Å². The van der Waals surface area contributed by atoms with Gasteiger partial charge in [0.2, 0.25) is 0 Å². The Labute approximate surface area is 95.0 Å². The SMILES string of the molecule is CCCSc1ncc(C(F)(F)F)cc1Cl. The topological polar surface area (TPSA) is 12.9 Å². The number of aromatic nitrogens is 1. The van der Waals surface area contributed by atoms with E-state index in [0.29, 0.717) is 5.03 Å². The van der Waals surface area contributed by atoms with Crippen molar-refractivity contribution < 1.29 is 13.2 Å². The van der Waals surface area contributed by atoms with Crippen molar-refractivity contribution in [2.75, 3.05) is 5.75 Å². The van der Waals surface area contributed by atoms with Gasteiger partial charge in [0.25, 0.3) is 0 Å². The molecule has 1 aromatic heterocycles.